The SMILES string of the molecule is CCCC(CS)CN(CCOC)C1CC1. The minimum atomic E-state index is 0.760. The highest BCUT2D eigenvalue weighted by molar-refractivity contribution is 7.80. The van der Waals surface area contributed by atoms with Gasteiger partial charge in [0.25, 0.3) is 0 Å². The fraction of sp³-hybridized carbons (Fsp3) is 1.00. The van der Waals surface area contributed by atoms with Crippen LogP contribution >= 0.6 is 12.6 Å². The normalized spacial score (nSPS) is 18.4. The minimum Gasteiger partial charge on any atom is -0.383 e. The van der Waals surface area contributed by atoms with Gasteiger partial charge < -0.3 is 4.74 Å². The van der Waals surface area contributed by atoms with E-state index in [1.807, 2.05) is 0 Å². The monoisotopic (exact) mass is 231 g/mol. The highest BCUT2D eigenvalue weighted by Gasteiger charge is 2.29. The maximum atomic E-state index is 5.16. The Bertz CT molecular complexity index is 162. The molecule has 1 saturated carbocycles. The van der Waals surface area contributed by atoms with Crippen LogP contribution in [-0.2, 0) is 4.74 Å². The first-order valence-corrected chi connectivity index (χ1v) is 6.78. The second-order valence-electron chi connectivity index (χ2n) is 4.56. The summed E-state index contributed by atoms with van der Waals surface area (Å²) in [6, 6.07) is 0.847. The van der Waals surface area contributed by atoms with Crippen molar-refractivity contribution in [3.05, 3.63) is 0 Å². The number of rotatable bonds is 9. The van der Waals surface area contributed by atoms with Gasteiger partial charge in [-0.25, -0.2) is 0 Å². The van der Waals surface area contributed by atoms with Crippen molar-refractivity contribution >= 4 is 12.6 Å². The zero-order valence-electron chi connectivity index (χ0n) is 10.1. The van der Waals surface area contributed by atoms with E-state index in [9.17, 15) is 0 Å². The van der Waals surface area contributed by atoms with Crippen molar-refractivity contribution < 1.29 is 4.74 Å². The van der Waals surface area contributed by atoms with Crippen LogP contribution in [0.4, 0.5) is 0 Å². The average Bonchev–Trinajstić information content (AvgIpc) is 3.06. The van der Waals surface area contributed by atoms with Gasteiger partial charge in [-0.3, -0.25) is 4.90 Å². The van der Waals surface area contributed by atoms with Crippen LogP contribution in [0.15, 0.2) is 0 Å². The second kappa shape index (κ2) is 7.53. The molecule has 0 aliphatic heterocycles. The lowest BCUT2D eigenvalue weighted by atomic mass is 10.1. The molecule has 2 nitrogen and oxygen atoms in total. The molecule has 90 valence electrons. The molecule has 15 heavy (non-hydrogen) atoms. The van der Waals surface area contributed by atoms with Gasteiger partial charge in [-0.1, -0.05) is 13.3 Å². The largest absolute Gasteiger partial charge is 0.383 e. The van der Waals surface area contributed by atoms with E-state index in [0.29, 0.717) is 0 Å². The van der Waals surface area contributed by atoms with Gasteiger partial charge in [0.15, 0.2) is 0 Å². The van der Waals surface area contributed by atoms with E-state index < -0.39 is 0 Å². The Labute approximate surface area is 99.8 Å². The number of methoxy groups -OCH3 is 1. The van der Waals surface area contributed by atoms with Gasteiger partial charge in [0.05, 0.1) is 6.61 Å². The highest BCUT2D eigenvalue weighted by atomic mass is 32.1. The van der Waals surface area contributed by atoms with Gasteiger partial charge in [0.1, 0.15) is 0 Å². The first kappa shape index (κ1) is 13.3. The van der Waals surface area contributed by atoms with E-state index in [1.165, 1.54) is 32.2 Å². The Morgan fingerprint density at radius 2 is 2.20 bits per heavy atom. The molecule has 1 unspecified atom stereocenters. The summed E-state index contributed by atoms with van der Waals surface area (Å²) in [6.07, 6.45) is 5.35. The molecule has 0 heterocycles. The second-order valence-corrected chi connectivity index (χ2v) is 4.92. The van der Waals surface area contributed by atoms with E-state index in [2.05, 4.69) is 24.5 Å². The lowest BCUT2D eigenvalue weighted by Gasteiger charge is -2.26. The predicted molar refractivity (Wildman–Crippen MR) is 68.7 cm³/mol. The molecule has 3 heteroatoms. The molecule has 1 aliphatic rings. The van der Waals surface area contributed by atoms with E-state index in [4.69, 9.17) is 4.74 Å². The van der Waals surface area contributed by atoms with Crippen LogP contribution in [0.3, 0.4) is 0 Å². The van der Waals surface area contributed by atoms with Crippen molar-refractivity contribution in [3.8, 4) is 0 Å². The van der Waals surface area contributed by atoms with Gasteiger partial charge in [0.2, 0.25) is 0 Å². The van der Waals surface area contributed by atoms with Crippen molar-refractivity contribution in [2.75, 3.05) is 32.6 Å². The molecular formula is C12H25NOS. The molecule has 0 aromatic heterocycles. The number of nitrogens with zero attached hydrogens (tertiary/aromatic N) is 1. The summed E-state index contributed by atoms with van der Waals surface area (Å²) >= 11 is 4.45. The molecule has 1 atom stereocenters. The lowest BCUT2D eigenvalue weighted by molar-refractivity contribution is 0.133. The molecule has 1 fully saturated rings. The van der Waals surface area contributed by atoms with Crippen molar-refractivity contribution in [2.24, 2.45) is 5.92 Å². The number of thiol groups is 1. The van der Waals surface area contributed by atoms with E-state index in [0.717, 1.165) is 30.9 Å². The summed E-state index contributed by atoms with van der Waals surface area (Å²) in [5, 5.41) is 0. The summed E-state index contributed by atoms with van der Waals surface area (Å²) < 4.78 is 5.16. The smallest absolute Gasteiger partial charge is 0.0589 e. The molecular weight excluding hydrogens is 206 g/mol. The predicted octanol–water partition coefficient (Wildman–Crippen LogP) is 2.44. The Balaban J connectivity index is 2.27. The number of hydrogen-bond acceptors (Lipinski definition) is 3. The Morgan fingerprint density at radius 3 is 2.67 bits per heavy atom. The van der Waals surface area contributed by atoms with Crippen molar-refractivity contribution in [1.29, 1.82) is 0 Å². The van der Waals surface area contributed by atoms with E-state index in [-0.39, 0.29) is 0 Å². The minimum absolute atomic E-state index is 0.760. The third kappa shape index (κ3) is 5.23. The summed E-state index contributed by atoms with van der Waals surface area (Å²) in [5.41, 5.74) is 0. The zero-order valence-corrected chi connectivity index (χ0v) is 11.0. The molecule has 1 aliphatic carbocycles. The summed E-state index contributed by atoms with van der Waals surface area (Å²) in [7, 11) is 1.78. The van der Waals surface area contributed by atoms with E-state index in [1.54, 1.807) is 7.11 Å². The van der Waals surface area contributed by atoms with Crippen LogP contribution in [0.25, 0.3) is 0 Å². The van der Waals surface area contributed by atoms with Gasteiger partial charge in [-0.2, -0.15) is 12.6 Å². The van der Waals surface area contributed by atoms with Gasteiger partial charge in [-0.15, -0.1) is 0 Å². The summed E-state index contributed by atoms with van der Waals surface area (Å²) in [4.78, 5) is 2.60. The average molecular weight is 231 g/mol. The number of ether oxygens (including phenoxy) is 1. The first-order chi connectivity index (χ1) is 7.31. The Morgan fingerprint density at radius 1 is 1.47 bits per heavy atom. The van der Waals surface area contributed by atoms with Crippen LogP contribution in [0.2, 0.25) is 0 Å². The molecule has 0 bridgehead atoms. The molecule has 0 radical (unpaired) electrons. The standard InChI is InChI=1S/C12H25NOS/c1-3-4-11(10-15)9-13(7-8-14-2)12-5-6-12/h11-12,15H,3-10H2,1-2H3. The van der Waals surface area contributed by atoms with Crippen molar-refractivity contribution in [3.63, 3.8) is 0 Å². The number of hydrogen-bond donors (Lipinski definition) is 1. The fourth-order valence-electron chi connectivity index (χ4n) is 2.05. The van der Waals surface area contributed by atoms with Gasteiger partial charge in [0, 0.05) is 26.2 Å². The highest BCUT2D eigenvalue weighted by Crippen LogP contribution is 2.28. The van der Waals surface area contributed by atoms with E-state index >= 15 is 0 Å². The first-order valence-electron chi connectivity index (χ1n) is 6.15. The maximum Gasteiger partial charge on any atom is 0.0589 e. The van der Waals surface area contributed by atoms with Gasteiger partial charge >= 0.3 is 0 Å². The molecule has 0 aromatic rings. The fourth-order valence-corrected chi connectivity index (χ4v) is 2.35. The molecule has 0 N–H and O–H groups in total. The van der Waals surface area contributed by atoms with Gasteiger partial charge in [-0.05, 0) is 30.9 Å². The third-order valence-corrected chi connectivity index (χ3v) is 3.61. The molecule has 1 rings (SSSR count). The molecule has 0 amide bonds. The zero-order chi connectivity index (χ0) is 11.1. The lowest BCUT2D eigenvalue weighted by Crippen LogP contribution is -2.35. The van der Waals surface area contributed by atoms with Crippen molar-refractivity contribution in [2.45, 2.75) is 38.6 Å². The van der Waals surface area contributed by atoms with Crippen LogP contribution in [0, 0.1) is 5.92 Å². The Kier molecular flexibility index (Phi) is 6.69. The van der Waals surface area contributed by atoms with Crippen LogP contribution in [-0.4, -0.2) is 43.5 Å². The van der Waals surface area contributed by atoms with Crippen LogP contribution < -0.4 is 0 Å². The summed E-state index contributed by atoms with van der Waals surface area (Å²) in [5.74, 6) is 1.78. The van der Waals surface area contributed by atoms with Crippen LogP contribution in [0.5, 0.6) is 0 Å². The summed E-state index contributed by atoms with van der Waals surface area (Å²) in [6.45, 7) is 5.43. The molecule has 0 saturated heterocycles. The molecule has 0 spiro atoms. The topological polar surface area (TPSA) is 12.5 Å². The molecule has 0 aromatic carbocycles. The Hall–Kier alpha value is 0.270. The van der Waals surface area contributed by atoms with Crippen LogP contribution in [0.1, 0.15) is 32.6 Å². The third-order valence-electron chi connectivity index (χ3n) is 3.09. The maximum absolute atomic E-state index is 5.16. The van der Waals surface area contributed by atoms with Crippen molar-refractivity contribution in [1.82, 2.24) is 4.90 Å². The quantitative estimate of drug-likeness (QED) is 0.612.